The molecular formula is C18H30N4O. The second-order valence-corrected chi connectivity index (χ2v) is 5.91. The van der Waals surface area contributed by atoms with Gasteiger partial charge in [-0.3, -0.25) is 9.89 Å². The first-order valence-corrected chi connectivity index (χ1v) is 8.64. The molecule has 0 saturated carbocycles. The lowest BCUT2D eigenvalue weighted by Gasteiger charge is -2.26. The Bertz CT molecular complexity index is 466. The zero-order valence-corrected chi connectivity index (χ0v) is 14.5. The molecule has 1 aliphatic rings. The molecule has 1 fully saturated rings. The van der Waals surface area contributed by atoms with Crippen molar-refractivity contribution in [1.82, 2.24) is 15.5 Å². The third kappa shape index (κ3) is 6.59. The van der Waals surface area contributed by atoms with Crippen LogP contribution in [0.3, 0.4) is 0 Å². The van der Waals surface area contributed by atoms with Crippen LogP contribution in [0.5, 0.6) is 0 Å². The normalized spacial score (nSPS) is 16.3. The van der Waals surface area contributed by atoms with Crippen molar-refractivity contribution in [2.75, 3.05) is 39.9 Å². The van der Waals surface area contributed by atoms with Crippen LogP contribution in [0.2, 0.25) is 0 Å². The molecule has 0 aliphatic carbocycles. The molecule has 0 unspecified atom stereocenters. The SMILES string of the molecule is CCCCNC(=NC)NCc1ccc(CN2CCOCC2)cc1. The van der Waals surface area contributed by atoms with Gasteiger partial charge in [0.15, 0.2) is 5.96 Å². The minimum absolute atomic E-state index is 0.795. The molecule has 0 bridgehead atoms. The first kappa shape index (κ1) is 17.8. The van der Waals surface area contributed by atoms with E-state index in [1.807, 2.05) is 7.05 Å². The Morgan fingerprint density at radius 3 is 2.48 bits per heavy atom. The predicted molar refractivity (Wildman–Crippen MR) is 95.6 cm³/mol. The molecule has 2 rings (SSSR count). The zero-order chi connectivity index (χ0) is 16.3. The summed E-state index contributed by atoms with van der Waals surface area (Å²) in [5.74, 6) is 0.871. The highest BCUT2D eigenvalue weighted by molar-refractivity contribution is 5.79. The lowest BCUT2D eigenvalue weighted by Crippen LogP contribution is -2.37. The van der Waals surface area contributed by atoms with Gasteiger partial charge < -0.3 is 15.4 Å². The molecule has 0 atom stereocenters. The molecular weight excluding hydrogens is 288 g/mol. The summed E-state index contributed by atoms with van der Waals surface area (Å²) in [5, 5.41) is 6.68. The van der Waals surface area contributed by atoms with Crippen molar-refractivity contribution in [2.45, 2.75) is 32.9 Å². The van der Waals surface area contributed by atoms with E-state index in [-0.39, 0.29) is 0 Å². The van der Waals surface area contributed by atoms with Crippen molar-refractivity contribution in [3.05, 3.63) is 35.4 Å². The molecule has 0 spiro atoms. The van der Waals surface area contributed by atoms with Crippen LogP contribution in [-0.2, 0) is 17.8 Å². The number of ether oxygens (including phenoxy) is 1. The van der Waals surface area contributed by atoms with Crippen LogP contribution in [0.4, 0.5) is 0 Å². The van der Waals surface area contributed by atoms with E-state index < -0.39 is 0 Å². The van der Waals surface area contributed by atoms with Gasteiger partial charge in [0.25, 0.3) is 0 Å². The number of morpholine rings is 1. The predicted octanol–water partition coefficient (Wildman–Crippen LogP) is 1.98. The maximum atomic E-state index is 5.39. The largest absolute Gasteiger partial charge is 0.379 e. The van der Waals surface area contributed by atoms with Crippen LogP contribution in [0.25, 0.3) is 0 Å². The highest BCUT2D eigenvalue weighted by atomic mass is 16.5. The number of rotatable bonds is 7. The molecule has 1 heterocycles. The number of nitrogens with one attached hydrogen (secondary N) is 2. The van der Waals surface area contributed by atoms with Gasteiger partial charge in [0.2, 0.25) is 0 Å². The summed E-state index contributed by atoms with van der Waals surface area (Å²) in [6.07, 6.45) is 2.35. The van der Waals surface area contributed by atoms with E-state index in [4.69, 9.17) is 4.74 Å². The molecule has 1 aliphatic heterocycles. The van der Waals surface area contributed by atoms with Crippen molar-refractivity contribution in [3.8, 4) is 0 Å². The van der Waals surface area contributed by atoms with Gasteiger partial charge in [-0.1, -0.05) is 37.6 Å². The molecule has 0 aromatic heterocycles. The number of unbranched alkanes of at least 4 members (excludes halogenated alkanes) is 1. The molecule has 0 radical (unpaired) electrons. The van der Waals surface area contributed by atoms with Gasteiger partial charge in [-0.25, -0.2) is 0 Å². The lowest BCUT2D eigenvalue weighted by molar-refractivity contribution is 0.0342. The Kier molecular flexibility index (Phi) is 7.90. The third-order valence-corrected chi connectivity index (χ3v) is 4.04. The van der Waals surface area contributed by atoms with E-state index in [1.165, 1.54) is 17.5 Å². The van der Waals surface area contributed by atoms with E-state index in [0.717, 1.165) is 58.3 Å². The van der Waals surface area contributed by atoms with E-state index in [9.17, 15) is 0 Å². The van der Waals surface area contributed by atoms with E-state index in [2.05, 4.69) is 51.7 Å². The first-order valence-electron chi connectivity index (χ1n) is 8.64. The van der Waals surface area contributed by atoms with Crippen LogP contribution in [0.1, 0.15) is 30.9 Å². The van der Waals surface area contributed by atoms with Gasteiger partial charge in [0.1, 0.15) is 0 Å². The molecule has 1 saturated heterocycles. The number of hydrogen-bond acceptors (Lipinski definition) is 3. The van der Waals surface area contributed by atoms with E-state index in [0.29, 0.717) is 0 Å². The minimum atomic E-state index is 0.795. The van der Waals surface area contributed by atoms with Gasteiger partial charge in [-0.2, -0.15) is 0 Å². The second-order valence-electron chi connectivity index (χ2n) is 5.91. The summed E-state index contributed by atoms with van der Waals surface area (Å²) in [5.41, 5.74) is 2.63. The number of aliphatic imine (C=N–C) groups is 1. The smallest absolute Gasteiger partial charge is 0.191 e. The fourth-order valence-corrected chi connectivity index (χ4v) is 2.57. The first-order chi connectivity index (χ1) is 11.3. The fourth-order valence-electron chi connectivity index (χ4n) is 2.57. The summed E-state index contributed by atoms with van der Waals surface area (Å²) in [7, 11) is 1.81. The molecule has 2 N–H and O–H groups in total. The maximum absolute atomic E-state index is 5.39. The minimum Gasteiger partial charge on any atom is -0.379 e. The fraction of sp³-hybridized carbons (Fsp3) is 0.611. The quantitative estimate of drug-likeness (QED) is 0.458. The van der Waals surface area contributed by atoms with Gasteiger partial charge in [0, 0.05) is 39.8 Å². The Hall–Kier alpha value is -1.59. The summed E-state index contributed by atoms with van der Waals surface area (Å²) in [6.45, 7) is 8.73. The Morgan fingerprint density at radius 2 is 1.83 bits per heavy atom. The third-order valence-electron chi connectivity index (χ3n) is 4.04. The van der Waals surface area contributed by atoms with E-state index in [1.54, 1.807) is 0 Å². The highest BCUT2D eigenvalue weighted by Gasteiger charge is 2.10. The second kappa shape index (κ2) is 10.2. The molecule has 1 aromatic rings. The Morgan fingerprint density at radius 1 is 1.13 bits per heavy atom. The maximum Gasteiger partial charge on any atom is 0.191 e. The summed E-state index contributed by atoms with van der Waals surface area (Å²) in [6, 6.07) is 8.84. The summed E-state index contributed by atoms with van der Waals surface area (Å²) >= 11 is 0. The van der Waals surface area contributed by atoms with Crippen LogP contribution in [0.15, 0.2) is 29.3 Å². The van der Waals surface area contributed by atoms with E-state index >= 15 is 0 Å². The van der Waals surface area contributed by atoms with Crippen LogP contribution in [-0.4, -0.2) is 50.8 Å². The number of guanidine groups is 1. The number of hydrogen-bond donors (Lipinski definition) is 2. The number of benzene rings is 1. The van der Waals surface area contributed by atoms with Crippen LogP contribution in [0, 0.1) is 0 Å². The summed E-state index contributed by atoms with van der Waals surface area (Å²) < 4.78 is 5.39. The molecule has 5 heteroatoms. The lowest BCUT2D eigenvalue weighted by atomic mass is 10.1. The van der Waals surface area contributed by atoms with Crippen molar-refractivity contribution in [1.29, 1.82) is 0 Å². The Labute approximate surface area is 140 Å². The Balaban J connectivity index is 1.75. The van der Waals surface area contributed by atoms with Gasteiger partial charge in [-0.05, 0) is 17.5 Å². The standard InChI is InChI=1S/C18H30N4O/c1-3-4-9-20-18(19-2)21-14-16-5-7-17(8-6-16)15-22-10-12-23-13-11-22/h5-8H,3-4,9-15H2,1-2H3,(H2,19,20,21). The van der Waals surface area contributed by atoms with Crippen molar-refractivity contribution in [3.63, 3.8) is 0 Å². The monoisotopic (exact) mass is 318 g/mol. The highest BCUT2D eigenvalue weighted by Crippen LogP contribution is 2.09. The summed E-state index contributed by atoms with van der Waals surface area (Å²) in [4.78, 5) is 6.69. The number of nitrogens with zero attached hydrogens (tertiary/aromatic N) is 2. The molecule has 0 amide bonds. The van der Waals surface area contributed by atoms with Crippen molar-refractivity contribution < 1.29 is 4.74 Å². The topological polar surface area (TPSA) is 48.9 Å². The average Bonchev–Trinajstić information content (AvgIpc) is 2.60. The van der Waals surface area contributed by atoms with Crippen LogP contribution < -0.4 is 10.6 Å². The van der Waals surface area contributed by atoms with Gasteiger partial charge in [0.05, 0.1) is 13.2 Å². The molecule has 128 valence electrons. The zero-order valence-electron chi connectivity index (χ0n) is 14.5. The van der Waals surface area contributed by atoms with Crippen molar-refractivity contribution >= 4 is 5.96 Å². The van der Waals surface area contributed by atoms with Crippen molar-refractivity contribution in [2.24, 2.45) is 4.99 Å². The van der Waals surface area contributed by atoms with Gasteiger partial charge in [-0.15, -0.1) is 0 Å². The molecule has 5 nitrogen and oxygen atoms in total. The molecule has 1 aromatic carbocycles. The average molecular weight is 318 g/mol. The van der Waals surface area contributed by atoms with Gasteiger partial charge >= 0.3 is 0 Å². The molecule has 23 heavy (non-hydrogen) atoms. The van der Waals surface area contributed by atoms with Crippen LogP contribution >= 0.6 is 0 Å².